The predicted molar refractivity (Wildman–Crippen MR) is 71.0 cm³/mol. The van der Waals surface area contributed by atoms with Crippen LogP contribution in [0.2, 0.25) is 0 Å². The van der Waals surface area contributed by atoms with E-state index in [2.05, 4.69) is 11.4 Å². The standard InChI is InChI=1S/C15H12N2O2/c16-8-11-1-3-12(4-2-11)9-17-13-5-6-14-15(7-13)19-10-18-14/h1-7,17H,9-10H2. The Morgan fingerprint density at radius 3 is 2.63 bits per heavy atom. The Bertz CT molecular complexity index is 630. The van der Waals surface area contributed by atoms with Crippen molar-refractivity contribution in [3.8, 4) is 17.6 Å². The molecule has 2 aromatic rings. The Kier molecular flexibility index (Phi) is 2.95. The van der Waals surface area contributed by atoms with Gasteiger partial charge < -0.3 is 14.8 Å². The van der Waals surface area contributed by atoms with Crippen LogP contribution in [0.4, 0.5) is 5.69 Å². The summed E-state index contributed by atoms with van der Waals surface area (Å²) < 4.78 is 10.6. The molecule has 1 aliphatic heterocycles. The third kappa shape index (κ3) is 2.45. The van der Waals surface area contributed by atoms with Crippen LogP contribution >= 0.6 is 0 Å². The molecule has 1 N–H and O–H groups in total. The number of benzene rings is 2. The average molecular weight is 252 g/mol. The lowest BCUT2D eigenvalue weighted by molar-refractivity contribution is 0.174. The number of nitrogens with one attached hydrogen (secondary N) is 1. The van der Waals surface area contributed by atoms with E-state index in [1.165, 1.54) is 0 Å². The molecule has 1 aliphatic rings. The summed E-state index contributed by atoms with van der Waals surface area (Å²) in [5, 5.41) is 12.0. The van der Waals surface area contributed by atoms with Crippen LogP contribution < -0.4 is 14.8 Å². The molecule has 0 amide bonds. The first-order valence-electron chi connectivity index (χ1n) is 5.98. The molecule has 0 aromatic heterocycles. The van der Waals surface area contributed by atoms with Gasteiger partial charge in [0.05, 0.1) is 11.6 Å². The van der Waals surface area contributed by atoms with E-state index < -0.39 is 0 Å². The highest BCUT2D eigenvalue weighted by Crippen LogP contribution is 2.34. The van der Waals surface area contributed by atoms with Crippen molar-refractivity contribution in [3.63, 3.8) is 0 Å². The van der Waals surface area contributed by atoms with E-state index in [9.17, 15) is 0 Å². The van der Waals surface area contributed by atoms with Crippen LogP contribution in [0.1, 0.15) is 11.1 Å². The molecular formula is C15H12N2O2. The quantitative estimate of drug-likeness (QED) is 0.912. The van der Waals surface area contributed by atoms with Crippen LogP contribution in [-0.2, 0) is 6.54 Å². The van der Waals surface area contributed by atoms with Crippen molar-refractivity contribution in [2.24, 2.45) is 0 Å². The summed E-state index contributed by atoms with van der Waals surface area (Å²) in [6, 6.07) is 15.4. The number of anilines is 1. The van der Waals surface area contributed by atoms with E-state index in [4.69, 9.17) is 14.7 Å². The van der Waals surface area contributed by atoms with Crippen molar-refractivity contribution in [1.29, 1.82) is 5.26 Å². The molecule has 4 nitrogen and oxygen atoms in total. The molecule has 0 fully saturated rings. The zero-order valence-corrected chi connectivity index (χ0v) is 10.2. The van der Waals surface area contributed by atoms with Gasteiger partial charge in [-0.05, 0) is 29.8 Å². The monoisotopic (exact) mass is 252 g/mol. The van der Waals surface area contributed by atoms with Gasteiger partial charge in [-0.1, -0.05) is 12.1 Å². The van der Waals surface area contributed by atoms with E-state index in [0.29, 0.717) is 12.1 Å². The summed E-state index contributed by atoms with van der Waals surface area (Å²) in [4.78, 5) is 0. The molecule has 4 heteroatoms. The van der Waals surface area contributed by atoms with E-state index in [-0.39, 0.29) is 6.79 Å². The SMILES string of the molecule is N#Cc1ccc(CNc2ccc3c(c2)OCO3)cc1. The molecule has 0 bridgehead atoms. The molecule has 0 radical (unpaired) electrons. The minimum absolute atomic E-state index is 0.286. The minimum Gasteiger partial charge on any atom is -0.454 e. The Morgan fingerprint density at radius 1 is 1.05 bits per heavy atom. The van der Waals surface area contributed by atoms with E-state index in [0.717, 1.165) is 22.7 Å². The molecule has 94 valence electrons. The van der Waals surface area contributed by atoms with Gasteiger partial charge in [-0.2, -0.15) is 5.26 Å². The number of hydrogen-bond acceptors (Lipinski definition) is 4. The lowest BCUT2D eigenvalue weighted by atomic mass is 10.1. The summed E-state index contributed by atoms with van der Waals surface area (Å²) in [6.07, 6.45) is 0. The van der Waals surface area contributed by atoms with Gasteiger partial charge in [0.25, 0.3) is 0 Å². The first kappa shape index (κ1) is 11.4. The number of nitrogens with zero attached hydrogens (tertiary/aromatic N) is 1. The molecule has 19 heavy (non-hydrogen) atoms. The van der Waals surface area contributed by atoms with Crippen LogP contribution in [0.15, 0.2) is 42.5 Å². The second-order valence-electron chi connectivity index (χ2n) is 4.23. The Morgan fingerprint density at radius 2 is 1.84 bits per heavy atom. The fourth-order valence-corrected chi connectivity index (χ4v) is 1.91. The smallest absolute Gasteiger partial charge is 0.231 e. The molecule has 3 rings (SSSR count). The van der Waals surface area contributed by atoms with Crippen molar-refractivity contribution in [3.05, 3.63) is 53.6 Å². The maximum absolute atomic E-state index is 8.73. The van der Waals surface area contributed by atoms with Gasteiger partial charge in [0.1, 0.15) is 0 Å². The predicted octanol–water partition coefficient (Wildman–Crippen LogP) is 2.90. The third-order valence-corrected chi connectivity index (χ3v) is 2.95. The van der Waals surface area contributed by atoms with Gasteiger partial charge in [-0.15, -0.1) is 0 Å². The maximum atomic E-state index is 8.73. The van der Waals surface area contributed by atoms with Gasteiger partial charge >= 0.3 is 0 Å². The van der Waals surface area contributed by atoms with Crippen LogP contribution in [0.3, 0.4) is 0 Å². The second kappa shape index (κ2) is 4.91. The van der Waals surface area contributed by atoms with Gasteiger partial charge in [-0.3, -0.25) is 0 Å². The van der Waals surface area contributed by atoms with Crippen molar-refractivity contribution in [2.75, 3.05) is 12.1 Å². The molecule has 0 aliphatic carbocycles. The van der Waals surface area contributed by atoms with Crippen molar-refractivity contribution >= 4 is 5.69 Å². The zero-order chi connectivity index (χ0) is 13.1. The second-order valence-corrected chi connectivity index (χ2v) is 4.23. The topological polar surface area (TPSA) is 54.3 Å². The van der Waals surface area contributed by atoms with Crippen LogP contribution in [0, 0.1) is 11.3 Å². The number of ether oxygens (including phenoxy) is 2. The first-order valence-corrected chi connectivity index (χ1v) is 5.98. The molecular weight excluding hydrogens is 240 g/mol. The third-order valence-electron chi connectivity index (χ3n) is 2.95. The van der Waals surface area contributed by atoms with Gasteiger partial charge in [0, 0.05) is 18.3 Å². The molecule has 2 aromatic carbocycles. The van der Waals surface area contributed by atoms with E-state index in [1.54, 1.807) is 0 Å². The maximum Gasteiger partial charge on any atom is 0.231 e. The lowest BCUT2D eigenvalue weighted by Gasteiger charge is -2.07. The van der Waals surface area contributed by atoms with Gasteiger partial charge in [0.15, 0.2) is 11.5 Å². The fraction of sp³-hybridized carbons (Fsp3) is 0.133. The summed E-state index contributed by atoms with van der Waals surface area (Å²) in [7, 11) is 0. The van der Waals surface area contributed by atoms with Crippen molar-refractivity contribution < 1.29 is 9.47 Å². The van der Waals surface area contributed by atoms with Crippen LogP contribution in [-0.4, -0.2) is 6.79 Å². The van der Waals surface area contributed by atoms with E-state index in [1.807, 2.05) is 42.5 Å². The summed E-state index contributed by atoms with van der Waals surface area (Å²) >= 11 is 0. The first-order chi connectivity index (χ1) is 9.35. The van der Waals surface area contributed by atoms with Gasteiger partial charge in [-0.25, -0.2) is 0 Å². The largest absolute Gasteiger partial charge is 0.454 e. The van der Waals surface area contributed by atoms with Crippen molar-refractivity contribution in [1.82, 2.24) is 0 Å². The number of hydrogen-bond donors (Lipinski definition) is 1. The molecule has 0 saturated carbocycles. The van der Waals surface area contributed by atoms with Crippen LogP contribution in [0.5, 0.6) is 11.5 Å². The molecule has 0 atom stereocenters. The van der Waals surface area contributed by atoms with Gasteiger partial charge in [0.2, 0.25) is 6.79 Å². The van der Waals surface area contributed by atoms with Crippen molar-refractivity contribution in [2.45, 2.75) is 6.54 Å². The summed E-state index contributed by atoms with van der Waals surface area (Å²) in [6.45, 7) is 0.986. The summed E-state index contributed by atoms with van der Waals surface area (Å²) in [5.74, 6) is 1.55. The minimum atomic E-state index is 0.286. The lowest BCUT2D eigenvalue weighted by Crippen LogP contribution is -1.99. The molecule has 0 unspecified atom stereocenters. The highest BCUT2D eigenvalue weighted by atomic mass is 16.7. The average Bonchev–Trinajstić information content (AvgIpc) is 2.93. The Hall–Kier alpha value is -2.67. The Labute approximate surface area is 111 Å². The molecule has 0 spiro atoms. The highest BCUT2D eigenvalue weighted by Gasteiger charge is 2.12. The Balaban J connectivity index is 1.67. The number of nitriles is 1. The summed E-state index contributed by atoms with van der Waals surface area (Å²) in [5.41, 5.74) is 2.78. The number of rotatable bonds is 3. The van der Waals surface area contributed by atoms with E-state index >= 15 is 0 Å². The molecule has 0 saturated heterocycles. The van der Waals surface area contributed by atoms with Crippen LogP contribution in [0.25, 0.3) is 0 Å². The highest BCUT2D eigenvalue weighted by molar-refractivity contribution is 5.55. The normalized spacial score (nSPS) is 11.9. The fourth-order valence-electron chi connectivity index (χ4n) is 1.91. The zero-order valence-electron chi connectivity index (χ0n) is 10.2. The number of fused-ring (bicyclic) bond motifs is 1. The molecule has 1 heterocycles.